The van der Waals surface area contributed by atoms with E-state index in [1.807, 2.05) is 24.3 Å². The minimum absolute atomic E-state index is 0.0929. The number of rotatable bonds is 2. The quantitative estimate of drug-likeness (QED) is 0.892. The Morgan fingerprint density at radius 3 is 2.85 bits per heavy atom. The number of carbonyl (C=O) groups excluding carboxylic acids is 1. The zero-order chi connectivity index (χ0) is 14.1. The molecule has 0 spiro atoms. The number of anilines is 3. The van der Waals surface area contributed by atoms with Gasteiger partial charge in [-0.25, -0.2) is 0 Å². The summed E-state index contributed by atoms with van der Waals surface area (Å²) in [5, 5.41) is 19.4. The van der Waals surface area contributed by atoms with E-state index in [1.165, 1.54) is 0 Å². The van der Waals surface area contributed by atoms with Gasteiger partial charge < -0.3 is 10.2 Å². The van der Waals surface area contributed by atoms with Crippen molar-refractivity contribution in [2.24, 2.45) is 0 Å². The Morgan fingerprint density at radius 1 is 1.30 bits per heavy atom. The fraction of sp³-hybridized carbons (Fsp3) is 0.143. The molecule has 0 bridgehead atoms. The van der Waals surface area contributed by atoms with Crippen LogP contribution in [-0.4, -0.2) is 23.2 Å². The lowest BCUT2D eigenvalue weighted by molar-refractivity contribution is -0.117. The number of carbonyl (C=O) groups is 1. The number of hydrogen-bond donors (Lipinski definition) is 1. The van der Waals surface area contributed by atoms with Crippen molar-refractivity contribution in [1.82, 2.24) is 10.2 Å². The minimum Gasteiger partial charge on any atom is -0.339 e. The average molecular weight is 265 g/mol. The molecule has 0 aliphatic carbocycles. The Labute approximate surface area is 115 Å². The summed E-state index contributed by atoms with van der Waals surface area (Å²) in [5.41, 5.74) is 3.04. The lowest BCUT2D eigenvalue weighted by Crippen LogP contribution is -2.20. The molecule has 1 N–H and O–H groups in total. The van der Waals surface area contributed by atoms with Crippen LogP contribution < -0.4 is 10.2 Å². The van der Waals surface area contributed by atoms with Crippen LogP contribution in [0.2, 0.25) is 0 Å². The number of hydrogen-bond acceptors (Lipinski definition) is 5. The van der Waals surface area contributed by atoms with Crippen LogP contribution in [0.3, 0.4) is 0 Å². The summed E-state index contributed by atoms with van der Waals surface area (Å²) in [7, 11) is 1.77. The van der Waals surface area contributed by atoms with E-state index in [-0.39, 0.29) is 11.6 Å². The van der Waals surface area contributed by atoms with Crippen molar-refractivity contribution in [1.29, 1.82) is 5.26 Å². The largest absolute Gasteiger partial charge is 0.339 e. The lowest BCUT2D eigenvalue weighted by atomic mass is 10.1. The van der Waals surface area contributed by atoms with E-state index >= 15 is 0 Å². The topological polar surface area (TPSA) is 81.9 Å². The number of nitriles is 1. The second kappa shape index (κ2) is 4.63. The maximum atomic E-state index is 11.6. The molecular weight excluding hydrogens is 254 g/mol. The van der Waals surface area contributed by atoms with E-state index in [0.717, 1.165) is 16.9 Å². The Morgan fingerprint density at radius 2 is 2.15 bits per heavy atom. The monoisotopic (exact) mass is 265 g/mol. The molecule has 2 aromatic rings. The van der Waals surface area contributed by atoms with Crippen LogP contribution in [0.25, 0.3) is 0 Å². The average Bonchev–Trinajstić information content (AvgIpc) is 2.74. The van der Waals surface area contributed by atoms with E-state index in [4.69, 9.17) is 5.26 Å². The summed E-state index contributed by atoms with van der Waals surface area (Å²) in [6, 6.07) is 10.9. The molecule has 1 amide bonds. The summed E-state index contributed by atoms with van der Waals surface area (Å²) in [6.45, 7) is 0. The Bertz CT molecular complexity index is 717. The van der Waals surface area contributed by atoms with Gasteiger partial charge in [0.2, 0.25) is 5.91 Å². The van der Waals surface area contributed by atoms with Crippen molar-refractivity contribution in [2.75, 3.05) is 17.3 Å². The van der Waals surface area contributed by atoms with Crippen LogP contribution in [0, 0.1) is 11.3 Å². The molecule has 0 fully saturated rings. The standard InChI is InChI=1S/C14H11N5O/c1-19-12-4-2-10(6-9(12)7-14(19)20)16-13-5-3-11(8-15)17-18-13/h2-6H,7H2,1H3,(H,16,18). The first kappa shape index (κ1) is 12.1. The summed E-state index contributed by atoms with van der Waals surface area (Å²) in [4.78, 5) is 13.3. The summed E-state index contributed by atoms with van der Waals surface area (Å²) in [5.74, 6) is 0.650. The molecule has 0 atom stereocenters. The number of fused-ring (bicyclic) bond motifs is 1. The van der Waals surface area contributed by atoms with E-state index in [9.17, 15) is 4.79 Å². The molecule has 2 heterocycles. The fourth-order valence-electron chi connectivity index (χ4n) is 2.15. The molecule has 0 radical (unpaired) electrons. The third-order valence-electron chi connectivity index (χ3n) is 3.21. The molecule has 0 saturated heterocycles. The lowest BCUT2D eigenvalue weighted by Gasteiger charge is -2.11. The van der Waals surface area contributed by atoms with Crippen molar-refractivity contribution in [3.05, 3.63) is 41.6 Å². The number of aromatic nitrogens is 2. The number of nitrogens with one attached hydrogen (secondary N) is 1. The van der Waals surface area contributed by atoms with E-state index < -0.39 is 0 Å². The van der Waals surface area contributed by atoms with Crippen LogP contribution in [0.5, 0.6) is 0 Å². The number of amides is 1. The minimum atomic E-state index is 0.0929. The zero-order valence-corrected chi connectivity index (χ0v) is 10.8. The third-order valence-corrected chi connectivity index (χ3v) is 3.21. The second-order valence-corrected chi connectivity index (χ2v) is 4.51. The molecule has 1 aromatic heterocycles. The molecule has 98 valence electrons. The molecule has 1 aromatic carbocycles. The van der Waals surface area contributed by atoms with E-state index in [2.05, 4.69) is 15.5 Å². The molecular formula is C14H11N5O. The summed E-state index contributed by atoms with van der Waals surface area (Å²) >= 11 is 0. The van der Waals surface area contributed by atoms with Gasteiger partial charge in [-0.2, -0.15) is 5.26 Å². The molecule has 0 saturated carbocycles. The highest BCUT2D eigenvalue weighted by molar-refractivity contribution is 6.01. The van der Waals surface area contributed by atoms with Crippen molar-refractivity contribution >= 4 is 23.1 Å². The van der Waals surface area contributed by atoms with Crippen LogP contribution >= 0.6 is 0 Å². The maximum absolute atomic E-state index is 11.6. The highest BCUT2D eigenvalue weighted by Crippen LogP contribution is 2.30. The van der Waals surface area contributed by atoms with Crippen LogP contribution in [0.15, 0.2) is 30.3 Å². The molecule has 20 heavy (non-hydrogen) atoms. The molecule has 6 heteroatoms. The van der Waals surface area contributed by atoms with E-state index in [1.54, 1.807) is 24.1 Å². The Hall–Kier alpha value is -2.94. The van der Waals surface area contributed by atoms with Gasteiger partial charge >= 0.3 is 0 Å². The van der Waals surface area contributed by atoms with E-state index in [0.29, 0.717) is 12.2 Å². The van der Waals surface area contributed by atoms with Crippen molar-refractivity contribution < 1.29 is 4.79 Å². The van der Waals surface area contributed by atoms with Gasteiger partial charge in [0.1, 0.15) is 6.07 Å². The van der Waals surface area contributed by atoms with Gasteiger partial charge in [0.25, 0.3) is 0 Å². The molecule has 1 aliphatic rings. The Balaban J connectivity index is 1.84. The van der Waals surface area contributed by atoms with Crippen LogP contribution in [-0.2, 0) is 11.2 Å². The van der Waals surface area contributed by atoms with Gasteiger partial charge in [-0.3, -0.25) is 4.79 Å². The molecule has 0 unspecified atom stereocenters. The smallest absolute Gasteiger partial charge is 0.231 e. The predicted octanol–water partition coefficient (Wildman–Crippen LogP) is 1.61. The second-order valence-electron chi connectivity index (χ2n) is 4.51. The normalized spacial score (nSPS) is 13.0. The highest BCUT2D eigenvalue weighted by atomic mass is 16.2. The third kappa shape index (κ3) is 2.06. The predicted molar refractivity (Wildman–Crippen MR) is 73.6 cm³/mol. The van der Waals surface area contributed by atoms with Gasteiger partial charge in [-0.1, -0.05) is 0 Å². The summed E-state index contributed by atoms with van der Waals surface area (Å²) in [6.07, 6.45) is 0.417. The van der Waals surface area contributed by atoms with Crippen LogP contribution in [0.1, 0.15) is 11.3 Å². The molecule has 6 nitrogen and oxygen atoms in total. The van der Waals surface area contributed by atoms with Gasteiger partial charge in [-0.15, -0.1) is 10.2 Å². The van der Waals surface area contributed by atoms with Gasteiger partial charge in [0.15, 0.2) is 11.5 Å². The number of likely N-dealkylation sites (N-methyl/N-ethyl adjacent to an activating group) is 1. The van der Waals surface area contributed by atoms with Gasteiger partial charge in [0.05, 0.1) is 6.42 Å². The number of benzene rings is 1. The van der Waals surface area contributed by atoms with Gasteiger partial charge in [-0.05, 0) is 35.9 Å². The van der Waals surface area contributed by atoms with Crippen molar-refractivity contribution in [3.8, 4) is 6.07 Å². The number of nitrogens with zero attached hydrogens (tertiary/aromatic N) is 4. The summed E-state index contributed by atoms with van der Waals surface area (Å²) < 4.78 is 0. The van der Waals surface area contributed by atoms with Gasteiger partial charge in [0, 0.05) is 18.4 Å². The zero-order valence-electron chi connectivity index (χ0n) is 10.8. The SMILES string of the molecule is CN1C(=O)Cc2cc(Nc3ccc(C#N)nn3)ccc21. The first-order valence-corrected chi connectivity index (χ1v) is 6.08. The fourth-order valence-corrected chi connectivity index (χ4v) is 2.15. The first-order valence-electron chi connectivity index (χ1n) is 6.08. The van der Waals surface area contributed by atoms with Crippen molar-refractivity contribution in [2.45, 2.75) is 6.42 Å². The van der Waals surface area contributed by atoms with Crippen molar-refractivity contribution in [3.63, 3.8) is 0 Å². The molecule has 1 aliphatic heterocycles. The highest BCUT2D eigenvalue weighted by Gasteiger charge is 2.23. The molecule has 3 rings (SSSR count). The first-order chi connectivity index (χ1) is 9.67. The maximum Gasteiger partial charge on any atom is 0.231 e. The Kier molecular flexibility index (Phi) is 2.80. The van der Waals surface area contributed by atoms with Crippen LogP contribution in [0.4, 0.5) is 17.2 Å².